The molecular weight excluding hydrogens is 187 g/mol. The molecule has 0 amide bonds. The van der Waals surface area contributed by atoms with Gasteiger partial charge in [0, 0.05) is 5.60 Å². The minimum absolute atomic E-state index is 0.168. The molecular formula is C12H25AlO. The molecule has 1 unspecified atom stereocenters. The fourth-order valence-electron chi connectivity index (χ4n) is 2.21. The molecule has 2 heteroatoms. The van der Waals surface area contributed by atoms with Crippen molar-refractivity contribution < 1.29 is 3.79 Å². The van der Waals surface area contributed by atoms with Crippen molar-refractivity contribution >= 4 is 14.5 Å². The first-order valence-electron chi connectivity index (χ1n) is 6.24. The van der Waals surface area contributed by atoms with Gasteiger partial charge in [-0.15, -0.1) is 0 Å². The molecule has 1 heterocycles. The Kier molecular flexibility index (Phi) is 4.97. The normalized spacial score (nSPS) is 26.6. The monoisotopic (exact) mass is 212 g/mol. The summed E-state index contributed by atoms with van der Waals surface area (Å²) in [6, 6.07) is 0. The van der Waals surface area contributed by atoms with Gasteiger partial charge in [-0.05, 0) is 19.8 Å². The van der Waals surface area contributed by atoms with Crippen LogP contribution in [0.4, 0.5) is 0 Å². The van der Waals surface area contributed by atoms with Gasteiger partial charge < -0.3 is 3.79 Å². The molecule has 0 aromatic carbocycles. The molecule has 82 valence electrons. The Morgan fingerprint density at radius 3 is 2.64 bits per heavy atom. The van der Waals surface area contributed by atoms with E-state index in [-0.39, 0.29) is 5.60 Å². The van der Waals surface area contributed by atoms with Crippen LogP contribution in [-0.4, -0.2) is 20.1 Å². The van der Waals surface area contributed by atoms with Crippen LogP contribution in [0.5, 0.6) is 0 Å². The zero-order valence-corrected chi connectivity index (χ0v) is 11.5. The van der Waals surface area contributed by atoms with Crippen LogP contribution in [0.1, 0.15) is 53.4 Å². The molecule has 1 nitrogen and oxygen atoms in total. The summed E-state index contributed by atoms with van der Waals surface area (Å²) >= 11 is -0.821. The highest BCUT2D eigenvalue weighted by atomic mass is 27.2. The van der Waals surface area contributed by atoms with Crippen LogP contribution in [0, 0.1) is 5.92 Å². The summed E-state index contributed by atoms with van der Waals surface area (Å²) in [4.78, 5) is 0. The highest BCUT2D eigenvalue weighted by Gasteiger charge is 2.37. The van der Waals surface area contributed by atoms with Crippen LogP contribution in [0.2, 0.25) is 10.6 Å². The van der Waals surface area contributed by atoms with E-state index in [1.807, 2.05) is 0 Å². The van der Waals surface area contributed by atoms with Crippen molar-refractivity contribution in [2.45, 2.75) is 69.5 Å². The van der Waals surface area contributed by atoms with E-state index < -0.39 is 14.5 Å². The van der Waals surface area contributed by atoms with Gasteiger partial charge in [0.05, 0.1) is 0 Å². The maximum Gasteiger partial charge on any atom is 0.461 e. The zero-order chi connectivity index (χ0) is 10.6. The van der Waals surface area contributed by atoms with E-state index in [0.717, 1.165) is 5.92 Å². The van der Waals surface area contributed by atoms with Crippen LogP contribution in [-0.2, 0) is 3.79 Å². The van der Waals surface area contributed by atoms with Crippen molar-refractivity contribution in [3.8, 4) is 0 Å². The number of rotatable bonds is 4. The Morgan fingerprint density at radius 1 is 1.36 bits per heavy atom. The Hall–Kier alpha value is 0.492. The van der Waals surface area contributed by atoms with Gasteiger partial charge in [-0.3, -0.25) is 0 Å². The van der Waals surface area contributed by atoms with Crippen LogP contribution in [0.15, 0.2) is 0 Å². The van der Waals surface area contributed by atoms with Crippen molar-refractivity contribution in [1.29, 1.82) is 0 Å². The van der Waals surface area contributed by atoms with E-state index >= 15 is 0 Å². The molecule has 0 spiro atoms. The van der Waals surface area contributed by atoms with Crippen molar-refractivity contribution in [1.82, 2.24) is 0 Å². The second-order valence-electron chi connectivity index (χ2n) is 5.32. The predicted octanol–water partition coefficient (Wildman–Crippen LogP) is 4.00. The van der Waals surface area contributed by atoms with E-state index in [1.165, 1.54) is 36.2 Å². The molecule has 0 aromatic heterocycles. The fraction of sp³-hybridized carbons (Fsp3) is 1.00. The number of hydrogen-bond acceptors (Lipinski definition) is 1. The molecule has 1 atom stereocenters. The van der Waals surface area contributed by atoms with E-state index in [1.54, 1.807) is 0 Å². The summed E-state index contributed by atoms with van der Waals surface area (Å²) in [5.41, 5.74) is 0.168. The SMILES string of the molecule is CCCC[CH2][Al]1[CH2]CC(C)C(C)(C)[O]1. The van der Waals surface area contributed by atoms with Crippen LogP contribution >= 0.6 is 0 Å². The third-order valence-corrected chi connectivity index (χ3v) is 6.68. The lowest BCUT2D eigenvalue weighted by Crippen LogP contribution is -2.43. The van der Waals surface area contributed by atoms with Gasteiger partial charge in [-0.25, -0.2) is 0 Å². The van der Waals surface area contributed by atoms with Gasteiger partial charge in [0.2, 0.25) is 0 Å². The zero-order valence-electron chi connectivity index (χ0n) is 10.3. The molecule has 0 radical (unpaired) electrons. The molecule has 0 aromatic rings. The first-order valence-corrected chi connectivity index (χ1v) is 8.34. The van der Waals surface area contributed by atoms with Gasteiger partial charge in [-0.2, -0.15) is 0 Å². The lowest BCUT2D eigenvalue weighted by Gasteiger charge is -2.40. The van der Waals surface area contributed by atoms with E-state index in [4.69, 9.17) is 3.79 Å². The quantitative estimate of drug-likeness (QED) is 0.505. The molecule has 1 fully saturated rings. The van der Waals surface area contributed by atoms with E-state index in [2.05, 4.69) is 27.7 Å². The smallest absolute Gasteiger partial charge is 0.461 e. The van der Waals surface area contributed by atoms with Gasteiger partial charge in [0.1, 0.15) is 0 Å². The van der Waals surface area contributed by atoms with E-state index in [0.29, 0.717) is 0 Å². The topological polar surface area (TPSA) is 9.23 Å². The second kappa shape index (κ2) is 5.54. The Morgan fingerprint density at radius 2 is 2.07 bits per heavy atom. The van der Waals surface area contributed by atoms with Crippen LogP contribution < -0.4 is 0 Å². The first kappa shape index (κ1) is 12.6. The molecule has 0 aliphatic carbocycles. The Labute approximate surface area is 93.9 Å². The first-order chi connectivity index (χ1) is 6.56. The summed E-state index contributed by atoms with van der Waals surface area (Å²) in [6.07, 6.45) is 5.53. The summed E-state index contributed by atoms with van der Waals surface area (Å²) in [5.74, 6) is 0.748. The van der Waals surface area contributed by atoms with Gasteiger partial charge in [-0.1, -0.05) is 50.1 Å². The molecule has 1 aliphatic rings. The third-order valence-electron chi connectivity index (χ3n) is 3.71. The average molecular weight is 212 g/mol. The van der Waals surface area contributed by atoms with Gasteiger partial charge >= 0.3 is 14.5 Å². The van der Waals surface area contributed by atoms with Crippen molar-refractivity contribution in [2.75, 3.05) is 0 Å². The fourth-order valence-corrected chi connectivity index (χ4v) is 5.45. The molecule has 0 bridgehead atoms. The standard InChI is InChI=1S/C7H14O.C5H11.Al/c1-5-6(2)7(3,4)8;1-3-5-4-2;/h6H,1,5H2,2-4H3;1,3-5H2,2H3;/q-1;;+1. The highest BCUT2D eigenvalue weighted by molar-refractivity contribution is 6.52. The summed E-state index contributed by atoms with van der Waals surface area (Å²) < 4.78 is 6.27. The number of hydrogen-bond donors (Lipinski definition) is 0. The Balaban J connectivity index is 2.29. The predicted molar refractivity (Wildman–Crippen MR) is 63.8 cm³/mol. The van der Waals surface area contributed by atoms with Crippen LogP contribution in [0.25, 0.3) is 0 Å². The summed E-state index contributed by atoms with van der Waals surface area (Å²) in [6.45, 7) is 9.15. The molecule has 1 aliphatic heterocycles. The van der Waals surface area contributed by atoms with Gasteiger partial charge in [0.15, 0.2) is 0 Å². The lowest BCUT2D eigenvalue weighted by atomic mass is 9.91. The summed E-state index contributed by atoms with van der Waals surface area (Å²) in [7, 11) is 0. The number of unbranched alkanes of at least 4 members (excludes halogenated alkanes) is 2. The molecule has 14 heavy (non-hydrogen) atoms. The molecule has 1 rings (SSSR count). The second-order valence-corrected chi connectivity index (χ2v) is 7.95. The maximum atomic E-state index is 6.27. The summed E-state index contributed by atoms with van der Waals surface area (Å²) in [5, 5.41) is 2.82. The largest absolute Gasteiger partial charge is 0.496 e. The highest BCUT2D eigenvalue weighted by Crippen LogP contribution is 2.34. The maximum absolute atomic E-state index is 6.27. The molecule has 0 N–H and O–H groups in total. The van der Waals surface area contributed by atoms with Crippen LogP contribution in [0.3, 0.4) is 0 Å². The van der Waals surface area contributed by atoms with Crippen molar-refractivity contribution in [3.05, 3.63) is 0 Å². The van der Waals surface area contributed by atoms with Crippen molar-refractivity contribution in [2.24, 2.45) is 5.92 Å². The van der Waals surface area contributed by atoms with Gasteiger partial charge in [0.25, 0.3) is 0 Å². The van der Waals surface area contributed by atoms with E-state index in [9.17, 15) is 0 Å². The van der Waals surface area contributed by atoms with Crippen molar-refractivity contribution in [3.63, 3.8) is 0 Å². The minimum atomic E-state index is -0.821. The molecule has 1 saturated heterocycles. The molecule has 0 saturated carbocycles. The Bertz CT molecular complexity index is 168. The lowest BCUT2D eigenvalue weighted by molar-refractivity contribution is 0.0293. The minimum Gasteiger partial charge on any atom is -0.496 e. The average Bonchev–Trinajstić information content (AvgIpc) is 2.11. The third kappa shape index (κ3) is 3.57.